The van der Waals surface area contributed by atoms with E-state index < -0.39 is 11.8 Å². The lowest BCUT2D eigenvalue weighted by Crippen LogP contribution is -2.35. The summed E-state index contributed by atoms with van der Waals surface area (Å²) in [7, 11) is 4.35. The van der Waals surface area contributed by atoms with Gasteiger partial charge >= 0.3 is 0 Å². The Morgan fingerprint density at radius 2 is 1.57 bits per heavy atom. The van der Waals surface area contributed by atoms with E-state index in [1.165, 1.54) is 51.8 Å². The standard InChI is InChI=1S/C30H28FN3O6/c1-37-26-14-21(15-27(38-2)29(26)39-3)30(36)32-17-28(35)34-33-16-24-23-7-5-4-6-20(23)10-13-25(24)40-18-19-8-11-22(31)12-9-19/h4-16H,17-18H2,1-3H3,(H,32,36)(H,34,35)/b33-16+. The van der Waals surface area contributed by atoms with E-state index in [1.807, 2.05) is 36.4 Å². The van der Waals surface area contributed by atoms with E-state index in [2.05, 4.69) is 15.8 Å². The molecule has 0 heterocycles. The Labute approximate surface area is 230 Å². The molecule has 0 saturated carbocycles. The first-order valence-electron chi connectivity index (χ1n) is 12.2. The minimum absolute atomic E-state index is 0.221. The zero-order valence-corrected chi connectivity index (χ0v) is 22.2. The van der Waals surface area contributed by atoms with Gasteiger partial charge in [-0.15, -0.1) is 0 Å². The van der Waals surface area contributed by atoms with Crippen LogP contribution < -0.4 is 29.7 Å². The Hall–Kier alpha value is -5.12. The largest absolute Gasteiger partial charge is 0.493 e. The fourth-order valence-electron chi connectivity index (χ4n) is 3.96. The normalized spacial score (nSPS) is 10.8. The van der Waals surface area contributed by atoms with Gasteiger partial charge in [-0.1, -0.05) is 42.5 Å². The Kier molecular flexibility index (Phi) is 9.14. The molecule has 2 N–H and O–H groups in total. The molecule has 0 fully saturated rings. The molecule has 0 radical (unpaired) electrons. The number of halogens is 1. The average molecular weight is 546 g/mol. The molecule has 0 aliphatic heterocycles. The van der Waals surface area contributed by atoms with E-state index in [0.717, 1.165) is 16.3 Å². The number of nitrogens with zero attached hydrogens (tertiary/aromatic N) is 1. The molecule has 10 heteroatoms. The maximum Gasteiger partial charge on any atom is 0.259 e. The van der Waals surface area contributed by atoms with Crippen molar-refractivity contribution in [1.29, 1.82) is 0 Å². The quantitative estimate of drug-likeness (QED) is 0.213. The third kappa shape index (κ3) is 6.65. The Morgan fingerprint density at radius 3 is 2.25 bits per heavy atom. The topological polar surface area (TPSA) is 107 Å². The molecule has 0 aliphatic rings. The molecular formula is C30H28FN3O6. The highest BCUT2D eigenvalue weighted by atomic mass is 19.1. The van der Waals surface area contributed by atoms with Crippen LogP contribution >= 0.6 is 0 Å². The van der Waals surface area contributed by atoms with Gasteiger partial charge in [0.05, 0.1) is 34.1 Å². The molecule has 9 nitrogen and oxygen atoms in total. The number of fused-ring (bicyclic) bond motifs is 1. The van der Waals surface area contributed by atoms with Crippen LogP contribution in [-0.4, -0.2) is 45.9 Å². The van der Waals surface area contributed by atoms with Crippen molar-refractivity contribution in [2.45, 2.75) is 6.61 Å². The highest BCUT2D eigenvalue weighted by molar-refractivity contribution is 6.03. The van der Waals surface area contributed by atoms with Crippen LogP contribution in [-0.2, 0) is 11.4 Å². The first-order valence-corrected chi connectivity index (χ1v) is 12.2. The summed E-state index contributed by atoms with van der Waals surface area (Å²) >= 11 is 0. The van der Waals surface area contributed by atoms with Crippen molar-refractivity contribution >= 4 is 28.8 Å². The molecule has 0 aliphatic carbocycles. The van der Waals surface area contributed by atoms with Gasteiger partial charge in [-0.05, 0) is 46.7 Å². The predicted octanol–water partition coefficient (Wildman–Crippen LogP) is 4.46. The van der Waals surface area contributed by atoms with Crippen molar-refractivity contribution in [3.63, 3.8) is 0 Å². The number of nitrogens with one attached hydrogen (secondary N) is 2. The van der Waals surface area contributed by atoms with Crippen LogP contribution in [0.25, 0.3) is 10.8 Å². The first-order chi connectivity index (χ1) is 19.4. The SMILES string of the molecule is COc1cc(C(=O)NCC(=O)N/N=C/c2c(OCc3ccc(F)cc3)ccc3ccccc23)cc(OC)c1OC. The monoisotopic (exact) mass is 545 g/mol. The summed E-state index contributed by atoms with van der Waals surface area (Å²) in [6, 6.07) is 20.4. The van der Waals surface area contributed by atoms with Crippen LogP contribution in [0.3, 0.4) is 0 Å². The molecule has 0 atom stereocenters. The van der Waals surface area contributed by atoms with Crippen molar-refractivity contribution in [3.05, 3.63) is 95.3 Å². The van der Waals surface area contributed by atoms with Gasteiger partial charge in [-0.3, -0.25) is 9.59 Å². The number of carbonyl (C=O) groups excluding carboxylic acids is 2. The second kappa shape index (κ2) is 13.1. The fourth-order valence-corrected chi connectivity index (χ4v) is 3.96. The van der Waals surface area contributed by atoms with E-state index in [1.54, 1.807) is 12.1 Å². The number of rotatable bonds is 11. The van der Waals surface area contributed by atoms with Crippen molar-refractivity contribution in [2.24, 2.45) is 5.10 Å². The number of methoxy groups -OCH3 is 3. The van der Waals surface area contributed by atoms with Crippen LogP contribution in [0.15, 0.2) is 77.9 Å². The van der Waals surface area contributed by atoms with Gasteiger partial charge in [-0.25, -0.2) is 9.82 Å². The Bertz CT molecular complexity index is 1510. The summed E-state index contributed by atoms with van der Waals surface area (Å²) in [6.07, 6.45) is 1.49. The van der Waals surface area contributed by atoms with Crippen LogP contribution in [0, 0.1) is 5.82 Å². The Morgan fingerprint density at radius 1 is 0.875 bits per heavy atom. The highest BCUT2D eigenvalue weighted by Crippen LogP contribution is 2.38. The van der Waals surface area contributed by atoms with Gasteiger partial charge < -0.3 is 24.3 Å². The molecular weight excluding hydrogens is 517 g/mol. The molecule has 0 bridgehead atoms. The minimum Gasteiger partial charge on any atom is -0.493 e. The molecule has 40 heavy (non-hydrogen) atoms. The summed E-state index contributed by atoms with van der Waals surface area (Å²) in [5.41, 5.74) is 4.10. The highest BCUT2D eigenvalue weighted by Gasteiger charge is 2.17. The molecule has 0 aromatic heterocycles. The first kappa shape index (κ1) is 27.9. The van der Waals surface area contributed by atoms with Gasteiger partial charge in [0.15, 0.2) is 11.5 Å². The second-order valence-corrected chi connectivity index (χ2v) is 8.50. The maximum absolute atomic E-state index is 13.2. The summed E-state index contributed by atoms with van der Waals surface area (Å²) in [5.74, 6) is 0.148. The molecule has 206 valence electrons. The van der Waals surface area contributed by atoms with Crippen molar-refractivity contribution in [3.8, 4) is 23.0 Å². The summed E-state index contributed by atoms with van der Waals surface area (Å²) in [4.78, 5) is 25.1. The maximum atomic E-state index is 13.2. The molecule has 4 aromatic carbocycles. The number of hydrazone groups is 1. The second-order valence-electron chi connectivity index (χ2n) is 8.50. The molecule has 0 saturated heterocycles. The molecule has 0 spiro atoms. The number of benzene rings is 4. The predicted molar refractivity (Wildman–Crippen MR) is 149 cm³/mol. The summed E-state index contributed by atoms with van der Waals surface area (Å²) in [6.45, 7) is -0.102. The van der Waals surface area contributed by atoms with E-state index >= 15 is 0 Å². The zero-order valence-electron chi connectivity index (χ0n) is 22.2. The van der Waals surface area contributed by atoms with E-state index in [-0.39, 0.29) is 24.5 Å². The minimum atomic E-state index is -0.536. The van der Waals surface area contributed by atoms with E-state index in [9.17, 15) is 14.0 Å². The average Bonchev–Trinajstić information content (AvgIpc) is 2.99. The molecule has 4 aromatic rings. The smallest absolute Gasteiger partial charge is 0.259 e. The Balaban J connectivity index is 1.43. The van der Waals surface area contributed by atoms with Gasteiger partial charge in [-0.2, -0.15) is 5.10 Å². The lowest BCUT2D eigenvalue weighted by molar-refractivity contribution is -0.120. The van der Waals surface area contributed by atoms with Crippen molar-refractivity contribution in [2.75, 3.05) is 27.9 Å². The molecule has 0 unspecified atom stereocenters. The lowest BCUT2D eigenvalue weighted by atomic mass is 10.0. The van der Waals surface area contributed by atoms with Gasteiger partial charge in [0.2, 0.25) is 5.75 Å². The van der Waals surface area contributed by atoms with Gasteiger partial charge in [0, 0.05) is 11.1 Å². The number of amides is 2. The third-order valence-electron chi connectivity index (χ3n) is 5.96. The lowest BCUT2D eigenvalue weighted by Gasteiger charge is -2.14. The molecule has 4 rings (SSSR count). The van der Waals surface area contributed by atoms with Crippen LogP contribution in [0.4, 0.5) is 4.39 Å². The fraction of sp³-hybridized carbons (Fsp3) is 0.167. The number of ether oxygens (including phenoxy) is 4. The zero-order chi connectivity index (χ0) is 28.5. The van der Waals surface area contributed by atoms with Crippen LogP contribution in [0.5, 0.6) is 23.0 Å². The van der Waals surface area contributed by atoms with Gasteiger partial charge in [0.25, 0.3) is 11.8 Å². The van der Waals surface area contributed by atoms with Gasteiger partial charge in [0.1, 0.15) is 18.2 Å². The third-order valence-corrected chi connectivity index (χ3v) is 5.96. The van der Waals surface area contributed by atoms with Crippen LogP contribution in [0.2, 0.25) is 0 Å². The van der Waals surface area contributed by atoms with Crippen molar-refractivity contribution < 1.29 is 32.9 Å². The van der Waals surface area contributed by atoms with Crippen molar-refractivity contribution in [1.82, 2.24) is 10.7 Å². The molecule has 2 amide bonds. The number of hydrogen-bond acceptors (Lipinski definition) is 7. The number of carbonyl (C=O) groups is 2. The summed E-state index contributed by atoms with van der Waals surface area (Å²) < 4.78 is 35.0. The number of hydrogen-bond donors (Lipinski definition) is 2. The van der Waals surface area contributed by atoms with E-state index in [4.69, 9.17) is 18.9 Å². The van der Waals surface area contributed by atoms with E-state index in [0.29, 0.717) is 28.6 Å². The van der Waals surface area contributed by atoms with Crippen LogP contribution in [0.1, 0.15) is 21.5 Å². The summed E-state index contributed by atoms with van der Waals surface area (Å²) in [5, 5.41) is 8.46.